The lowest BCUT2D eigenvalue weighted by molar-refractivity contribution is -0.128. The number of carbonyl (C=O) groups is 2. The van der Waals surface area contributed by atoms with Crippen LogP contribution in [0.1, 0.15) is 45.2 Å². The molecule has 0 saturated heterocycles. The summed E-state index contributed by atoms with van der Waals surface area (Å²) in [4.78, 5) is 30.2. The lowest BCUT2D eigenvalue weighted by atomic mass is 9.85. The molecule has 2 N–H and O–H groups in total. The molecule has 3 rings (SSSR count). The summed E-state index contributed by atoms with van der Waals surface area (Å²) in [7, 11) is 0. The van der Waals surface area contributed by atoms with Crippen LogP contribution in [0.15, 0.2) is 17.5 Å². The zero-order valence-electron chi connectivity index (χ0n) is 15.5. The van der Waals surface area contributed by atoms with Crippen molar-refractivity contribution >= 4 is 46.1 Å². The van der Waals surface area contributed by atoms with Crippen LogP contribution in [0.3, 0.4) is 0 Å². The molecule has 146 valence electrons. The van der Waals surface area contributed by atoms with Gasteiger partial charge in [0.1, 0.15) is 5.01 Å². The Balaban J connectivity index is 1.52. The maximum absolute atomic E-state index is 12.4. The molecule has 0 aliphatic heterocycles. The Morgan fingerprint density at radius 2 is 2.15 bits per heavy atom. The quantitative estimate of drug-likeness (QED) is 0.726. The molecule has 2 unspecified atom stereocenters. The predicted octanol–water partition coefficient (Wildman–Crippen LogP) is 4.27. The largest absolute Gasteiger partial charge is 0.354 e. The molecule has 0 spiro atoms. The van der Waals surface area contributed by atoms with Crippen LogP contribution in [0.5, 0.6) is 0 Å². The van der Waals surface area contributed by atoms with E-state index in [2.05, 4.69) is 15.6 Å². The van der Waals surface area contributed by atoms with Gasteiger partial charge in [0.2, 0.25) is 11.8 Å². The number of thiazole rings is 1. The van der Waals surface area contributed by atoms with Crippen LogP contribution >= 0.6 is 34.3 Å². The summed E-state index contributed by atoms with van der Waals surface area (Å²) in [6.07, 6.45) is 3.74. The number of nitrogens with one attached hydrogen (secondary N) is 2. The molecule has 8 heteroatoms. The van der Waals surface area contributed by atoms with E-state index in [4.69, 9.17) is 11.6 Å². The lowest BCUT2D eigenvalue weighted by Crippen LogP contribution is -2.44. The first-order chi connectivity index (χ1) is 12.9. The third-order valence-corrected chi connectivity index (χ3v) is 6.81. The summed E-state index contributed by atoms with van der Waals surface area (Å²) >= 11 is 8.98. The van der Waals surface area contributed by atoms with Crippen molar-refractivity contribution in [3.8, 4) is 9.88 Å². The van der Waals surface area contributed by atoms with Crippen molar-refractivity contribution in [3.05, 3.63) is 27.5 Å². The molecule has 27 heavy (non-hydrogen) atoms. The Bertz CT molecular complexity index is 802. The Kier molecular flexibility index (Phi) is 6.89. The van der Waals surface area contributed by atoms with Gasteiger partial charge in [-0.15, -0.1) is 22.7 Å². The highest BCUT2D eigenvalue weighted by atomic mass is 35.5. The van der Waals surface area contributed by atoms with Crippen molar-refractivity contribution in [3.63, 3.8) is 0 Å². The first kappa shape index (κ1) is 20.3. The number of aromatic nitrogens is 1. The summed E-state index contributed by atoms with van der Waals surface area (Å²) in [5.41, 5.74) is 0.766. The molecule has 0 bridgehead atoms. The molecule has 2 aromatic rings. The van der Waals surface area contributed by atoms with Crippen molar-refractivity contribution < 1.29 is 9.59 Å². The molecule has 2 amide bonds. The van der Waals surface area contributed by atoms with Crippen molar-refractivity contribution in [2.24, 2.45) is 5.92 Å². The van der Waals surface area contributed by atoms with Crippen LogP contribution in [0.25, 0.3) is 9.88 Å². The van der Waals surface area contributed by atoms with Gasteiger partial charge in [-0.25, -0.2) is 4.98 Å². The average molecular weight is 426 g/mol. The SMILES string of the molecule is CC(C)NC(=O)C1CCCC(NC(=O)Cc2csc(-c3ccc(Cl)s3)n2)C1. The monoisotopic (exact) mass is 425 g/mol. The molecule has 0 radical (unpaired) electrons. The third-order valence-electron chi connectivity index (χ3n) is 4.52. The number of halogens is 1. The van der Waals surface area contributed by atoms with Crippen LogP contribution < -0.4 is 10.6 Å². The second-order valence-corrected chi connectivity index (χ2v) is 9.79. The highest BCUT2D eigenvalue weighted by molar-refractivity contribution is 7.23. The highest BCUT2D eigenvalue weighted by Gasteiger charge is 2.28. The van der Waals surface area contributed by atoms with Crippen molar-refractivity contribution in [1.29, 1.82) is 0 Å². The zero-order chi connectivity index (χ0) is 19.4. The van der Waals surface area contributed by atoms with Gasteiger partial charge in [0, 0.05) is 23.4 Å². The Labute approximate surface area is 172 Å². The van der Waals surface area contributed by atoms with Crippen LogP contribution in [0, 0.1) is 5.92 Å². The fourth-order valence-corrected chi connectivity index (χ4v) is 5.27. The molecule has 2 heterocycles. The fraction of sp³-hybridized carbons (Fsp3) is 0.526. The Hall–Kier alpha value is -1.44. The van der Waals surface area contributed by atoms with E-state index in [1.165, 1.54) is 22.7 Å². The Morgan fingerprint density at radius 1 is 1.33 bits per heavy atom. The van der Waals surface area contributed by atoms with E-state index in [0.717, 1.165) is 39.2 Å². The lowest BCUT2D eigenvalue weighted by Gasteiger charge is -2.29. The molecule has 2 atom stereocenters. The second-order valence-electron chi connectivity index (χ2n) is 7.22. The molecule has 1 aliphatic carbocycles. The van der Waals surface area contributed by atoms with Crippen LogP contribution in [-0.4, -0.2) is 28.9 Å². The minimum absolute atomic E-state index is 0.0131. The molecule has 1 saturated carbocycles. The summed E-state index contributed by atoms with van der Waals surface area (Å²) in [6, 6.07) is 4.00. The van der Waals surface area contributed by atoms with E-state index < -0.39 is 0 Å². The van der Waals surface area contributed by atoms with E-state index in [0.29, 0.717) is 6.42 Å². The normalized spacial score (nSPS) is 19.9. The molecule has 1 fully saturated rings. The maximum atomic E-state index is 12.4. The van der Waals surface area contributed by atoms with Gasteiger partial charge in [0.05, 0.1) is 21.3 Å². The van der Waals surface area contributed by atoms with Gasteiger partial charge in [-0.2, -0.15) is 0 Å². The standard InChI is InChI=1S/C19H24ClN3O2S2/c1-11(2)21-18(25)12-4-3-5-13(8-12)22-17(24)9-14-10-26-19(23-14)15-6-7-16(20)27-15/h6-7,10-13H,3-5,8-9H2,1-2H3,(H,21,25)(H,22,24). The van der Waals surface area contributed by atoms with Gasteiger partial charge in [0.15, 0.2) is 0 Å². The minimum atomic E-state index is -0.0361. The number of amides is 2. The average Bonchev–Trinajstić information content (AvgIpc) is 3.23. The highest BCUT2D eigenvalue weighted by Crippen LogP contribution is 2.33. The number of rotatable bonds is 6. The Morgan fingerprint density at radius 3 is 2.85 bits per heavy atom. The molecule has 5 nitrogen and oxygen atoms in total. The number of carbonyl (C=O) groups excluding carboxylic acids is 2. The minimum Gasteiger partial charge on any atom is -0.354 e. The van der Waals surface area contributed by atoms with E-state index in [9.17, 15) is 9.59 Å². The molecule has 0 aromatic carbocycles. The molecule has 1 aliphatic rings. The van der Waals surface area contributed by atoms with Crippen molar-refractivity contribution in [2.75, 3.05) is 0 Å². The molecular weight excluding hydrogens is 402 g/mol. The first-order valence-corrected chi connectivity index (χ1v) is 11.3. The van der Waals surface area contributed by atoms with Crippen LogP contribution in [0.2, 0.25) is 4.34 Å². The zero-order valence-corrected chi connectivity index (χ0v) is 17.8. The smallest absolute Gasteiger partial charge is 0.226 e. The number of thiophene rings is 1. The van der Waals surface area contributed by atoms with E-state index in [-0.39, 0.29) is 36.2 Å². The second kappa shape index (κ2) is 9.17. The van der Waals surface area contributed by atoms with Gasteiger partial charge in [0.25, 0.3) is 0 Å². The van der Waals surface area contributed by atoms with E-state index in [1.807, 2.05) is 31.4 Å². The molecule has 2 aromatic heterocycles. The van der Waals surface area contributed by atoms with Gasteiger partial charge in [-0.05, 0) is 45.2 Å². The number of hydrogen-bond donors (Lipinski definition) is 2. The van der Waals surface area contributed by atoms with Gasteiger partial charge in [-0.3, -0.25) is 9.59 Å². The van der Waals surface area contributed by atoms with Crippen molar-refractivity contribution in [2.45, 2.75) is 58.0 Å². The van der Waals surface area contributed by atoms with E-state index >= 15 is 0 Å². The first-order valence-electron chi connectivity index (χ1n) is 9.20. The van der Waals surface area contributed by atoms with Gasteiger partial charge >= 0.3 is 0 Å². The fourth-order valence-electron chi connectivity index (χ4n) is 3.34. The van der Waals surface area contributed by atoms with E-state index in [1.54, 1.807) is 0 Å². The summed E-state index contributed by atoms with van der Waals surface area (Å²) in [6.45, 7) is 3.93. The third kappa shape index (κ3) is 5.77. The summed E-state index contributed by atoms with van der Waals surface area (Å²) < 4.78 is 0.729. The van der Waals surface area contributed by atoms with Gasteiger partial charge < -0.3 is 10.6 Å². The molecular formula is C19H24ClN3O2S2. The van der Waals surface area contributed by atoms with Crippen LogP contribution in [-0.2, 0) is 16.0 Å². The topological polar surface area (TPSA) is 71.1 Å². The predicted molar refractivity (Wildman–Crippen MR) is 111 cm³/mol. The van der Waals surface area contributed by atoms with Gasteiger partial charge in [-0.1, -0.05) is 18.0 Å². The number of hydrogen-bond acceptors (Lipinski definition) is 5. The van der Waals surface area contributed by atoms with Crippen molar-refractivity contribution in [1.82, 2.24) is 15.6 Å². The summed E-state index contributed by atoms with van der Waals surface area (Å²) in [5.74, 6) is 0.0505. The van der Waals surface area contributed by atoms with Crippen LogP contribution in [0.4, 0.5) is 0 Å². The maximum Gasteiger partial charge on any atom is 0.226 e. The summed E-state index contributed by atoms with van der Waals surface area (Å²) in [5, 5.41) is 8.87. The number of nitrogens with zero attached hydrogens (tertiary/aromatic N) is 1.